The van der Waals surface area contributed by atoms with Gasteiger partial charge < -0.3 is 5.32 Å². The quantitative estimate of drug-likeness (QED) is 0.890. The Labute approximate surface area is 123 Å². The van der Waals surface area contributed by atoms with Crippen LogP contribution in [0.15, 0.2) is 34.5 Å². The molecule has 0 saturated heterocycles. The van der Waals surface area contributed by atoms with Crippen LogP contribution in [0.25, 0.3) is 0 Å². The van der Waals surface area contributed by atoms with Crippen LogP contribution in [0.1, 0.15) is 25.5 Å². The minimum atomic E-state index is -3.58. The van der Waals surface area contributed by atoms with E-state index in [-0.39, 0.29) is 10.8 Å². The zero-order valence-electron chi connectivity index (χ0n) is 11.5. The average Bonchev–Trinajstić information content (AvgIpc) is 2.87. The summed E-state index contributed by atoms with van der Waals surface area (Å²) in [7, 11) is -1.80. The number of hydrogen-bond acceptors (Lipinski definition) is 5. The van der Waals surface area contributed by atoms with Crippen molar-refractivity contribution in [2.24, 2.45) is 0 Å². The third kappa shape index (κ3) is 3.29. The van der Waals surface area contributed by atoms with Gasteiger partial charge in [0.1, 0.15) is 0 Å². The Balaban J connectivity index is 2.21. The number of rotatable bonds is 5. The minimum absolute atomic E-state index is 0.220. The summed E-state index contributed by atoms with van der Waals surface area (Å²) in [5.41, 5.74) is 1.75. The number of thiazole rings is 1. The van der Waals surface area contributed by atoms with Crippen LogP contribution in [-0.4, -0.2) is 20.4 Å². The Bertz CT molecular complexity index is 676. The van der Waals surface area contributed by atoms with Gasteiger partial charge in [-0.1, -0.05) is 13.8 Å². The summed E-state index contributed by atoms with van der Waals surface area (Å²) in [6.07, 6.45) is 0. The van der Waals surface area contributed by atoms with Crippen LogP contribution in [-0.2, 0) is 10.0 Å². The Morgan fingerprint density at radius 1 is 1.20 bits per heavy atom. The molecule has 1 aromatic carbocycles. The highest BCUT2D eigenvalue weighted by atomic mass is 32.2. The summed E-state index contributed by atoms with van der Waals surface area (Å²) in [5.74, 6) is 0.277. The van der Waals surface area contributed by atoms with Crippen LogP contribution >= 0.6 is 11.3 Å². The highest BCUT2D eigenvalue weighted by Crippen LogP contribution is 2.24. The zero-order valence-corrected chi connectivity index (χ0v) is 13.2. The Kier molecular flexibility index (Phi) is 4.29. The largest absolute Gasteiger partial charge is 0.388 e. The number of sulfonamides is 1. The van der Waals surface area contributed by atoms with Crippen molar-refractivity contribution in [3.05, 3.63) is 35.3 Å². The molecule has 0 bridgehead atoms. The van der Waals surface area contributed by atoms with Crippen molar-refractivity contribution in [3.8, 4) is 0 Å². The van der Waals surface area contributed by atoms with Gasteiger partial charge >= 0.3 is 0 Å². The highest BCUT2D eigenvalue weighted by Gasteiger charge is 2.16. The first-order chi connectivity index (χ1) is 9.42. The van der Waals surface area contributed by atoms with Crippen LogP contribution in [0.4, 0.5) is 10.8 Å². The molecule has 1 aromatic heterocycles. The Morgan fingerprint density at radius 2 is 1.85 bits per heavy atom. The smallest absolute Gasteiger partial charge is 0.263 e. The second-order valence-corrected chi connectivity index (χ2v) is 7.15. The van der Waals surface area contributed by atoms with Crippen molar-refractivity contribution in [2.75, 3.05) is 17.1 Å². The van der Waals surface area contributed by atoms with Gasteiger partial charge in [0.05, 0.1) is 10.6 Å². The van der Waals surface area contributed by atoms with E-state index in [1.807, 2.05) is 19.2 Å². The van der Waals surface area contributed by atoms with E-state index >= 15 is 0 Å². The van der Waals surface area contributed by atoms with Gasteiger partial charge in [-0.2, -0.15) is 0 Å². The summed E-state index contributed by atoms with van der Waals surface area (Å²) in [6.45, 7) is 4.04. The number of aromatic nitrogens is 1. The number of benzene rings is 1. The molecule has 0 unspecified atom stereocenters. The molecule has 5 nitrogen and oxygen atoms in total. The van der Waals surface area contributed by atoms with Crippen molar-refractivity contribution in [2.45, 2.75) is 24.7 Å². The maximum atomic E-state index is 12.2. The molecule has 20 heavy (non-hydrogen) atoms. The zero-order chi connectivity index (χ0) is 14.8. The fourth-order valence-corrected chi connectivity index (χ4v) is 3.70. The average molecular weight is 311 g/mol. The van der Waals surface area contributed by atoms with Crippen LogP contribution < -0.4 is 10.0 Å². The molecule has 0 fully saturated rings. The molecule has 0 aliphatic rings. The first-order valence-corrected chi connectivity index (χ1v) is 8.54. The Morgan fingerprint density at radius 3 is 2.35 bits per heavy atom. The maximum Gasteiger partial charge on any atom is 0.263 e. The molecule has 2 N–H and O–H groups in total. The van der Waals surface area contributed by atoms with Gasteiger partial charge in [-0.15, -0.1) is 11.3 Å². The molecular formula is C13H17N3O2S2. The van der Waals surface area contributed by atoms with Crippen LogP contribution in [0.2, 0.25) is 0 Å². The lowest BCUT2D eigenvalue weighted by molar-refractivity contribution is 0.601. The monoisotopic (exact) mass is 311 g/mol. The molecule has 7 heteroatoms. The molecule has 0 amide bonds. The first kappa shape index (κ1) is 14.8. The molecular weight excluding hydrogens is 294 g/mol. The van der Waals surface area contributed by atoms with Gasteiger partial charge in [0.25, 0.3) is 10.0 Å². The minimum Gasteiger partial charge on any atom is -0.388 e. The molecule has 0 atom stereocenters. The fourth-order valence-electron chi connectivity index (χ4n) is 1.57. The van der Waals surface area contributed by atoms with Gasteiger partial charge in [0.2, 0.25) is 0 Å². The van der Waals surface area contributed by atoms with Gasteiger partial charge in [0.15, 0.2) is 5.13 Å². The maximum absolute atomic E-state index is 12.2. The lowest BCUT2D eigenvalue weighted by Crippen LogP contribution is -2.12. The van der Waals surface area contributed by atoms with Gasteiger partial charge in [-0.3, -0.25) is 4.72 Å². The van der Waals surface area contributed by atoms with Crippen molar-refractivity contribution in [3.63, 3.8) is 0 Å². The van der Waals surface area contributed by atoms with E-state index in [0.717, 1.165) is 11.4 Å². The number of anilines is 2. The number of hydrogen-bond donors (Lipinski definition) is 2. The molecule has 2 rings (SSSR count). The van der Waals surface area contributed by atoms with E-state index in [1.54, 1.807) is 31.3 Å². The summed E-state index contributed by atoms with van der Waals surface area (Å²) in [4.78, 5) is 4.49. The molecule has 108 valence electrons. The predicted molar refractivity (Wildman–Crippen MR) is 83.0 cm³/mol. The van der Waals surface area contributed by atoms with E-state index in [1.165, 1.54) is 11.3 Å². The normalized spacial score (nSPS) is 11.6. The van der Waals surface area contributed by atoms with Crippen molar-refractivity contribution in [1.29, 1.82) is 0 Å². The van der Waals surface area contributed by atoms with E-state index in [9.17, 15) is 8.42 Å². The fraction of sp³-hybridized carbons (Fsp3) is 0.308. The van der Waals surface area contributed by atoms with Crippen molar-refractivity contribution in [1.82, 2.24) is 4.98 Å². The molecule has 1 heterocycles. The third-order valence-corrected chi connectivity index (χ3v) is 5.05. The second kappa shape index (κ2) is 5.80. The van der Waals surface area contributed by atoms with E-state index < -0.39 is 10.0 Å². The summed E-state index contributed by atoms with van der Waals surface area (Å²) < 4.78 is 26.9. The summed E-state index contributed by atoms with van der Waals surface area (Å²) in [6, 6.07) is 6.56. The number of nitrogens with one attached hydrogen (secondary N) is 2. The standard InChI is InChI=1S/C13H17N3O2S2/c1-9(2)12-8-19-13(15-12)16-20(17,18)11-6-4-10(14-3)5-7-11/h4-9,14H,1-3H3,(H,15,16). The van der Waals surface area contributed by atoms with Crippen LogP contribution in [0.3, 0.4) is 0 Å². The van der Waals surface area contributed by atoms with Gasteiger partial charge in [-0.05, 0) is 30.2 Å². The summed E-state index contributed by atoms with van der Waals surface area (Å²) in [5, 5.41) is 5.21. The lowest BCUT2D eigenvalue weighted by Gasteiger charge is -2.06. The second-order valence-electron chi connectivity index (χ2n) is 4.61. The lowest BCUT2D eigenvalue weighted by atomic mass is 10.2. The van der Waals surface area contributed by atoms with E-state index in [2.05, 4.69) is 15.0 Å². The van der Waals surface area contributed by atoms with Crippen LogP contribution in [0.5, 0.6) is 0 Å². The molecule has 0 aliphatic carbocycles. The number of nitrogens with zero attached hydrogens (tertiary/aromatic N) is 1. The van der Waals surface area contributed by atoms with Crippen LogP contribution in [0, 0.1) is 0 Å². The highest BCUT2D eigenvalue weighted by molar-refractivity contribution is 7.93. The molecule has 0 spiro atoms. The van der Waals surface area contributed by atoms with E-state index in [4.69, 9.17) is 0 Å². The SMILES string of the molecule is CNc1ccc(S(=O)(=O)Nc2nc(C(C)C)cs2)cc1. The van der Waals surface area contributed by atoms with Gasteiger partial charge in [0, 0.05) is 18.1 Å². The van der Waals surface area contributed by atoms with Crippen molar-refractivity contribution < 1.29 is 8.42 Å². The molecule has 2 aromatic rings. The van der Waals surface area contributed by atoms with E-state index in [0.29, 0.717) is 5.13 Å². The molecule has 0 saturated carbocycles. The molecule has 0 aliphatic heterocycles. The Hall–Kier alpha value is -1.60. The van der Waals surface area contributed by atoms with Crippen molar-refractivity contribution >= 4 is 32.2 Å². The first-order valence-electron chi connectivity index (χ1n) is 6.18. The third-order valence-electron chi connectivity index (χ3n) is 2.79. The predicted octanol–water partition coefficient (Wildman–Crippen LogP) is 3.11. The summed E-state index contributed by atoms with van der Waals surface area (Å²) >= 11 is 1.29. The molecule has 0 radical (unpaired) electrons. The van der Waals surface area contributed by atoms with Gasteiger partial charge in [-0.25, -0.2) is 13.4 Å². The topological polar surface area (TPSA) is 71.1 Å².